The van der Waals surface area contributed by atoms with Gasteiger partial charge in [0.15, 0.2) is 0 Å². The Hall–Kier alpha value is -2.41. The Labute approximate surface area is 148 Å². The van der Waals surface area contributed by atoms with Gasteiger partial charge in [0.1, 0.15) is 0 Å². The molecule has 1 saturated heterocycles. The van der Waals surface area contributed by atoms with Crippen LogP contribution in [0.4, 0.5) is 4.79 Å². The van der Waals surface area contributed by atoms with E-state index in [-0.39, 0.29) is 17.9 Å². The van der Waals surface area contributed by atoms with Crippen LogP contribution in [0.5, 0.6) is 0 Å². The van der Waals surface area contributed by atoms with E-state index >= 15 is 0 Å². The zero-order chi connectivity index (χ0) is 18.4. The average molecular weight is 346 g/mol. The minimum Gasteiger partial charge on any atom is -0.336 e. The standard InChI is InChI=1S/C18H26N4O3/c1-13(2)19-18(25)20-16(23)14(3)21-9-11-22(12-10-21)17(24)15-7-5-4-6-8-15/h4-8,13-14H,9-12H2,1-3H3,(H2,19,20,23,25). The highest BCUT2D eigenvalue weighted by atomic mass is 16.2. The number of rotatable bonds is 4. The molecule has 0 aromatic heterocycles. The molecule has 0 aliphatic carbocycles. The molecule has 1 aliphatic rings. The highest BCUT2D eigenvalue weighted by Crippen LogP contribution is 2.11. The number of benzene rings is 1. The predicted octanol–water partition coefficient (Wildman–Crippen LogP) is 1.07. The largest absolute Gasteiger partial charge is 0.336 e. The summed E-state index contributed by atoms with van der Waals surface area (Å²) in [4.78, 5) is 40.0. The molecule has 2 rings (SSSR count). The summed E-state index contributed by atoms with van der Waals surface area (Å²) in [5.41, 5.74) is 0.673. The first-order chi connectivity index (χ1) is 11.9. The first kappa shape index (κ1) is 18.9. The molecule has 2 N–H and O–H groups in total. The van der Waals surface area contributed by atoms with Gasteiger partial charge in [0, 0.05) is 37.8 Å². The smallest absolute Gasteiger partial charge is 0.321 e. The molecule has 0 bridgehead atoms. The van der Waals surface area contributed by atoms with E-state index in [0.717, 1.165) is 0 Å². The number of urea groups is 1. The molecule has 0 spiro atoms. The van der Waals surface area contributed by atoms with E-state index in [4.69, 9.17) is 0 Å². The van der Waals surface area contributed by atoms with Gasteiger partial charge in [0.05, 0.1) is 6.04 Å². The highest BCUT2D eigenvalue weighted by Gasteiger charge is 2.28. The van der Waals surface area contributed by atoms with Gasteiger partial charge in [-0.3, -0.25) is 19.8 Å². The number of imide groups is 1. The van der Waals surface area contributed by atoms with Gasteiger partial charge in [-0.25, -0.2) is 4.79 Å². The Kier molecular flexibility index (Phi) is 6.52. The van der Waals surface area contributed by atoms with Crippen LogP contribution in [0.3, 0.4) is 0 Å². The van der Waals surface area contributed by atoms with Crippen LogP contribution < -0.4 is 10.6 Å². The summed E-state index contributed by atoms with van der Waals surface area (Å²) >= 11 is 0. The fourth-order valence-corrected chi connectivity index (χ4v) is 2.76. The monoisotopic (exact) mass is 346 g/mol. The molecule has 0 saturated carbocycles. The van der Waals surface area contributed by atoms with Gasteiger partial charge in [-0.05, 0) is 32.9 Å². The van der Waals surface area contributed by atoms with Gasteiger partial charge in [-0.2, -0.15) is 0 Å². The van der Waals surface area contributed by atoms with Gasteiger partial charge in [0.25, 0.3) is 5.91 Å². The Balaban J connectivity index is 1.83. The Morgan fingerprint density at radius 2 is 1.56 bits per heavy atom. The maximum Gasteiger partial charge on any atom is 0.321 e. The second-order valence-electron chi connectivity index (χ2n) is 6.49. The van der Waals surface area contributed by atoms with Gasteiger partial charge in [-0.15, -0.1) is 0 Å². The molecule has 7 heteroatoms. The third kappa shape index (κ3) is 5.29. The number of amides is 4. The summed E-state index contributed by atoms with van der Waals surface area (Å²) in [5, 5.41) is 4.99. The van der Waals surface area contributed by atoms with E-state index in [1.165, 1.54) is 0 Å². The lowest BCUT2D eigenvalue weighted by Gasteiger charge is -2.37. The number of hydrogen-bond acceptors (Lipinski definition) is 4. The van der Waals surface area contributed by atoms with Crippen LogP contribution in [-0.2, 0) is 4.79 Å². The van der Waals surface area contributed by atoms with Crippen molar-refractivity contribution in [3.05, 3.63) is 35.9 Å². The van der Waals surface area contributed by atoms with Crippen LogP contribution in [0.1, 0.15) is 31.1 Å². The molecule has 1 atom stereocenters. The minimum atomic E-state index is -0.482. The summed E-state index contributed by atoms with van der Waals surface area (Å²) in [5.74, 6) is -0.324. The number of nitrogens with zero attached hydrogens (tertiary/aromatic N) is 2. The Morgan fingerprint density at radius 3 is 2.12 bits per heavy atom. The van der Waals surface area contributed by atoms with Crippen molar-refractivity contribution in [2.75, 3.05) is 26.2 Å². The van der Waals surface area contributed by atoms with Crippen LogP contribution in [0.2, 0.25) is 0 Å². The number of piperazine rings is 1. The zero-order valence-electron chi connectivity index (χ0n) is 15.0. The molecule has 1 aliphatic heterocycles. The second kappa shape index (κ2) is 8.62. The van der Waals surface area contributed by atoms with Crippen LogP contribution >= 0.6 is 0 Å². The number of carbonyl (C=O) groups excluding carboxylic acids is 3. The zero-order valence-corrected chi connectivity index (χ0v) is 15.0. The molecule has 136 valence electrons. The first-order valence-electron chi connectivity index (χ1n) is 8.58. The fourth-order valence-electron chi connectivity index (χ4n) is 2.76. The maximum atomic E-state index is 12.4. The van der Waals surface area contributed by atoms with Gasteiger partial charge in [-0.1, -0.05) is 18.2 Å². The second-order valence-corrected chi connectivity index (χ2v) is 6.49. The van der Waals surface area contributed by atoms with E-state index in [1.807, 2.05) is 36.9 Å². The Morgan fingerprint density at radius 1 is 0.960 bits per heavy atom. The van der Waals surface area contributed by atoms with Crippen molar-refractivity contribution >= 4 is 17.8 Å². The van der Waals surface area contributed by atoms with Crippen LogP contribution in [0.25, 0.3) is 0 Å². The van der Waals surface area contributed by atoms with Crippen molar-refractivity contribution < 1.29 is 14.4 Å². The molecule has 1 fully saturated rings. The third-order valence-corrected chi connectivity index (χ3v) is 4.21. The van der Waals surface area contributed by atoms with Crippen LogP contribution in [0, 0.1) is 0 Å². The summed E-state index contributed by atoms with van der Waals surface area (Å²) in [6.45, 7) is 7.74. The van der Waals surface area contributed by atoms with E-state index < -0.39 is 12.1 Å². The van der Waals surface area contributed by atoms with E-state index in [2.05, 4.69) is 10.6 Å². The molecule has 1 heterocycles. The lowest BCUT2D eigenvalue weighted by Crippen LogP contribution is -2.56. The SMILES string of the molecule is CC(C)NC(=O)NC(=O)C(C)N1CCN(C(=O)c2ccccc2)CC1. The summed E-state index contributed by atoms with van der Waals surface area (Å²) < 4.78 is 0. The van der Waals surface area contributed by atoms with Gasteiger partial charge < -0.3 is 10.2 Å². The molecule has 1 aromatic carbocycles. The van der Waals surface area contributed by atoms with Crippen molar-refractivity contribution in [2.24, 2.45) is 0 Å². The van der Waals surface area contributed by atoms with E-state index in [1.54, 1.807) is 24.0 Å². The lowest BCUT2D eigenvalue weighted by molar-refractivity contribution is -0.125. The van der Waals surface area contributed by atoms with Crippen molar-refractivity contribution in [1.82, 2.24) is 20.4 Å². The minimum absolute atomic E-state index is 0.00802. The average Bonchev–Trinajstić information content (AvgIpc) is 2.60. The third-order valence-electron chi connectivity index (χ3n) is 4.21. The van der Waals surface area contributed by atoms with Crippen molar-refractivity contribution in [2.45, 2.75) is 32.9 Å². The number of nitrogens with one attached hydrogen (secondary N) is 2. The molecular formula is C18H26N4O3. The molecule has 0 radical (unpaired) electrons. The maximum absolute atomic E-state index is 12.4. The Bertz CT molecular complexity index is 610. The van der Waals surface area contributed by atoms with Crippen molar-refractivity contribution in [3.63, 3.8) is 0 Å². The highest BCUT2D eigenvalue weighted by molar-refractivity contribution is 5.97. The summed E-state index contributed by atoms with van der Waals surface area (Å²) in [7, 11) is 0. The number of carbonyl (C=O) groups is 3. The summed E-state index contributed by atoms with van der Waals surface area (Å²) in [6, 6.07) is 8.24. The van der Waals surface area contributed by atoms with Crippen molar-refractivity contribution in [3.8, 4) is 0 Å². The lowest BCUT2D eigenvalue weighted by atomic mass is 10.1. The van der Waals surface area contributed by atoms with Gasteiger partial charge in [0.2, 0.25) is 5.91 Å². The van der Waals surface area contributed by atoms with E-state index in [0.29, 0.717) is 31.7 Å². The molecule has 1 aromatic rings. The molecular weight excluding hydrogens is 320 g/mol. The summed E-state index contributed by atoms with van der Waals surface area (Å²) in [6.07, 6.45) is 0. The molecule has 7 nitrogen and oxygen atoms in total. The predicted molar refractivity (Wildman–Crippen MR) is 95.2 cm³/mol. The normalized spacial score (nSPS) is 16.4. The molecule has 1 unspecified atom stereocenters. The van der Waals surface area contributed by atoms with Gasteiger partial charge >= 0.3 is 6.03 Å². The van der Waals surface area contributed by atoms with E-state index in [9.17, 15) is 14.4 Å². The fraction of sp³-hybridized carbons (Fsp3) is 0.500. The van der Waals surface area contributed by atoms with Crippen molar-refractivity contribution in [1.29, 1.82) is 0 Å². The van der Waals surface area contributed by atoms with Crippen LogP contribution in [0.15, 0.2) is 30.3 Å². The topological polar surface area (TPSA) is 81.8 Å². The first-order valence-corrected chi connectivity index (χ1v) is 8.58. The number of hydrogen-bond donors (Lipinski definition) is 2. The quantitative estimate of drug-likeness (QED) is 0.854. The molecule has 4 amide bonds. The molecule has 25 heavy (non-hydrogen) atoms. The van der Waals surface area contributed by atoms with Crippen LogP contribution in [-0.4, -0.2) is 65.9 Å².